The number of carbonyl (C=O) groups excluding carboxylic acids is 1. The topological polar surface area (TPSA) is 78.1 Å². The van der Waals surface area contributed by atoms with E-state index in [0.717, 1.165) is 23.5 Å². The number of esters is 1. The van der Waals surface area contributed by atoms with Crippen LogP contribution < -0.4 is 4.74 Å². The molecule has 0 unspecified atom stereocenters. The molecule has 0 amide bonds. The highest BCUT2D eigenvalue weighted by Crippen LogP contribution is 2.33. The zero-order chi connectivity index (χ0) is 21.3. The van der Waals surface area contributed by atoms with Crippen LogP contribution in [0.5, 0.6) is 5.75 Å². The maximum Gasteiger partial charge on any atom is 0.416 e. The van der Waals surface area contributed by atoms with Gasteiger partial charge in [0.15, 0.2) is 0 Å². The van der Waals surface area contributed by atoms with Gasteiger partial charge in [0.1, 0.15) is 15.6 Å². The number of carbonyl (C=O) groups is 1. The van der Waals surface area contributed by atoms with Crippen molar-refractivity contribution in [2.45, 2.75) is 13.1 Å². The third kappa shape index (κ3) is 4.08. The van der Waals surface area contributed by atoms with E-state index in [1.807, 2.05) is 0 Å². The molecule has 0 saturated heterocycles. The second kappa shape index (κ2) is 7.71. The molecule has 0 aliphatic carbocycles. The van der Waals surface area contributed by atoms with Gasteiger partial charge < -0.3 is 9.15 Å². The lowest BCUT2D eigenvalue weighted by Crippen LogP contribution is -2.07. The van der Waals surface area contributed by atoms with Gasteiger partial charge in [0, 0.05) is 11.1 Å². The highest BCUT2D eigenvalue weighted by Gasteiger charge is 2.30. The molecule has 0 spiro atoms. The van der Waals surface area contributed by atoms with E-state index in [-0.39, 0.29) is 4.88 Å². The van der Waals surface area contributed by atoms with Gasteiger partial charge in [-0.2, -0.15) is 13.2 Å². The SMILES string of the molecule is Cc1nc(-c2ccc(C(F)(F)F)cc2)sc1C(=O)Oc1ccc(-c2nnco2)cc1. The van der Waals surface area contributed by atoms with Gasteiger partial charge in [-0.1, -0.05) is 12.1 Å². The fourth-order valence-corrected chi connectivity index (χ4v) is 3.58. The van der Waals surface area contributed by atoms with Crippen LogP contribution in [0, 0.1) is 6.92 Å². The zero-order valence-electron chi connectivity index (χ0n) is 15.3. The van der Waals surface area contributed by atoms with Crippen LogP contribution in [0.3, 0.4) is 0 Å². The zero-order valence-corrected chi connectivity index (χ0v) is 16.1. The minimum absolute atomic E-state index is 0.269. The molecule has 6 nitrogen and oxygen atoms in total. The summed E-state index contributed by atoms with van der Waals surface area (Å²) in [5.41, 5.74) is 0.843. The van der Waals surface area contributed by atoms with E-state index in [0.29, 0.717) is 33.5 Å². The van der Waals surface area contributed by atoms with Crippen LogP contribution in [-0.2, 0) is 6.18 Å². The van der Waals surface area contributed by atoms with Crippen LogP contribution in [0.25, 0.3) is 22.0 Å². The van der Waals surface area contributed by atoms with Gasteiger partial charge in [-0.3, -0.25) is 0 Å². The Hall–Kier alpha value is -3.53. The Labute approximate surface area is 172 Å². The first kappa shape index (κ1) is 19.8. The normalized spacial score (nSPS) is 11.5. The fraction of sp³-hybridized carbons (Fsp3) is 0.100. The lowest BCUT2D eigenvalue weighted by molar-refractivity contribution is -0.137. The second-order valence-corrected chi connectivity index (χ2v) is 7.17. The van der Waals surface area contributed by atoms with E-state index < -0.39 is 17.7 Å². The number of hydrogen-bond acceptors (Lipinski definition) is 7. The van der Waals surface area contributed by atoms with Crippen molar-refractivity contribution < 1.29 is 27.1 Å². The lowest BCUT2D eigenvalue weighted by Gasteiger charge is -2.06. The Balaban J connectivity index is 1.51. The Bertz CT molecular complexity index is 1170. The number of rotatable bonds is 4. The molecule has 4 rings (SSSR count). The summed E-state index contributed by atoms with van der Waals surface area (Å²) in [6.45, 7) is 1.64. The summed E-state index contributed by atoms with van der Waals surface area (Å²) in [7, 11) is 0. The number of hydrogen-bond donors (Lipinski definition) is 0. The summed E-state index contributed by atoms with van der Waals surface area (Å²) < 4.78 is 48.6. The first-order chi connectivity index (χ1) is 14.3. The Morgan fingerprint density at radius 2 is 1.70 bits per heavy atom. The van der Waals surface area contributed by atoms with E-state index in [2.05, 4.69) is 15.2 Å². The van der Waals surface area contributed by atoms with Gasteiger partial charge >= 0.3 is 12.1 Å². The maximum atomic E-state index is 12.7. The molecule has 0 saturated carbocycles. The van der Waals surface area contributed by atoms with Crippen LogP contribution in [0.4, 0.5) is 13.2 Å². The van der Waals surface area contributed by atoms with Crippen molar-refractivity contribution in [1.82, 2.24) is 15.2 Å². The standard InChI is InChI=1S/C20H12F3N3O3S/c1-11-16(30-18(25-11)13-2-6-14(7-3-13)20(21,22)23)19(27)29-15-8-4-12(5-9-15)17-26-24-10-28-17/h2-10H,1H3. The summed E-state index contributed by atoms with van der Waals surface area (Å²) in [5, 5.41) is 7.82. The number of halogens is 3. The number of ether oxygens (including phenoxy) is 1. The van der Waals surface area contributed by atoms with Gasteiger partial charge in [0.2, 0.25) is 12.3 Å². The predicted molar refractivity (Wildman–Crippen MR) is 102 cm³/mol. The molecule has 10 heteroatoms. The Morgan fingerprint density at radius 1 is 1.03 bits per heavy atom. The van der Waals surface area contributed by atoms with Crippen molar-refractivity contribution in [3.8, 4) is 27.8 Å². The van der Waals surface area contributed by atoms with E-state index in [1.165, 1.54) is 18.5 Å². The number of nitrogens with zero attached hydrogens (tertiary/aromatic N) is 3. The molecule has 0 radical (unpaired) electrons. The van der Waals surface area contributed by atoms with E-state index in [4.69, 9.17) is 9.15 Å². The average Bonchev–Trinajstić information content (AvgIpc) is 3.38. The third-order valence-corrected chi connectivity index (χ3v) is 5.30. The number of benzene rings is 2. The van der Waals surface area contributed by atoms with Crippen LogP contribution in [-0.4, -0.2) is 21.2 Å². The van der Waals surface area contributed by atoms with Crippen molar-refractivity contribution in [2.75, 3.05) is 0 Å². The first-order valence-corrected chi connectivity index (χ1v) is 9.37. The van der Waals surface area contributed by atoms with Crippen LogP contribution in [0.15, 0.2) is 59.3 Å². The third-order valence-electron chi connectivity index (χ3n) is 4.11. The number of alkyl halides is 3. The van der Waals surface area contributed by atoms with Gasteiger partial charge in [0.05, 0.1) is 11.3 Å². The Morgan fingerprint density at radius 3 is 2.30 bits per heavy atom. The number of aryl methyl sites for hydroxylation is 1. The van der Waals surface area contributed by atoms with Gasteiger partial charge in [0.25, 0.3) is 0 Å². The van der Waals surface area contributed by atoms with E-state index >= 15 is 0 Å². The minimum Gasteiger partial charge on any atom is -0.423 e. The van der Waals surface area contributed by atoms with E-state index in [9.17, 15) is 18.0 Å². The molecule has 0 N–H and O–H groups in total. The molecule has 0 fully saturated rings. The summed E-state index contributed by atoms with van der Waals surface area (Å²) in [5.74, 6) is 0.0493. The van der Waals surface area contributed by atoms with Gasteiger partial charge in [-0.05, 0) is 43.3 Å². The second-order valence-electron chi connectivity index (χ2n) is 6.17. The predicted octanol–water partition coefficient (Wildman–Crippen LogP) is 5.41. The summed E-state index contributed by atoms with van der Waals surface area (Å²) in [6.07, 6.45) is -3.20. The molecule has 0 atom stereocenters. The fourth-order valence-electron chi connectivity index (χ4n) is 2.63. The minimum atomic E-state index is -4.41. The number of thiazole rings is 1. The van der Waals surface area contributed by atoms with Crippen LogP contribution >= 0.6 is 11.3 Å². The summed E-state index contributed by atoms with van der Waals surface area (Å²) in [4.78, 5) is 17.1. The van der Waals surface area contributed by atoms with Gasteiger partial charge in [-0.15, -0.1) is 21.5 Å². The molecular formula is C20H12F3N3O3S. The van der Waals surface area contributed by atoms with Crippen molar-refractivity contribution in [3.63, 3.8) is 0 Å². The molecule has 4 aromatic rings. The highest BCUT2D eigenvalue weighted by molar-refractivity contribution is 7.17. The maximum absolute atomic E-state index is 12.7. The molecule has 30 heavy (non-hydrogen) atoms. The molecule has 0 bridgehead atoms. The molecule has 0 aliphatic heterocycles. The monoisotopic (exact) mass is 431 g/mol. The van der Waals surface area contributed by atoms with Crippen LogP contribution in [0.1, 0.15) is 20.9 Å². The molecule has 152 valence electrons. The largest absolute Gasteiger partial charge is 0.423 e. The molecule has 0 aliphatic rings. The van der Waals surface area contributed by atoms with Crippen LogP contribution in [0.2, 0.25) is 0 Å². The van der Waals surface area contributed by atoms with Crippen molar-refractivity contribution in [3.05, 3.63) is 71.1 Å². The van der Waals surface area contributed by atoms with Crippen molar-refractivity contribution in [1.29, 1.82) is 0 Å². The van der Waals surface area contributed by atoms with Gasteiger partial charge in [-0.25, -0.2) is 9.78 Å². The number of aromatic nitrogens is 3. The quantitative estimate of drug-likeness (QED) is 0.318. The molecular weight excluding hydrogens is 419 g/mol. The molecule has 2 aromatic carbocycles. The van der Waals surface area contributed by atoms with Crippen molar-refractivity contribution in [2.24, 2.45) is 0 Å². The average molecular weight is 431 g/mol. The van der Waals surface area contributed by atoms with E-state index in [1.54, 1.807) is 31.2 Å². The smallest absolute Gasteiger partial charge is 0.416 e. The molecule has 2 heterocycles. The van der Waals surface area contributed by atoms with Crippen molar-refractivity contribution >= 4 is 17.3 Å². The summed E-state index contributed by atoms with van der Waals surface area (Å²) in [6, 6.07) is 11.1. The lowest BCUT2D eigenvalue weighted by atomic mass is 10.1. The summed E-state index contributed by atoms with van der Waals surface area (Å²) >= 11 is 1.05. The molecule has 2 aromatic heterocycles. The Kier molecular flexibility index (Phi) is 5.08. The first-order valence-electron chi connectivity index (χ1n) is 8.55. The highest BCUT2D eigenvalue weighted by atomic mass is 32.1.